The number of carbonyl (C=O) groups excluding carboxylic acids is 1. The van der Waals surface area contributed by atoms with E-state index in [1.54, 1.807) is 24.0 Å². The van der Waals surface area contributed by atoms with Crippen LogP contribution in [0.1, 0.15) is 38.7 Å². The number of amides is 1. The van der Waals surface area contributed by atoms with Crippen LogP contribution >= 0.6 is 0 Å². The van der Waals surface area contributed by atoms with Crippen LogP contribution in [0.4, 0.5) is 10.5 Å². The number of hydrogen-bond donors (Lipinski definition) is 2. The van der Waals surface area contributed by atoms with E-state index < -0.39 is 4.92 Å². The summed E-state index contributed by atoms with van der Waals surface area (Å²) in [5, 5.41) is 17.5. The second-order valence-electron chi connectivity index (χ2n) is 6.62. The van der Waals surface area contributed by atoms with Crippen LogP contribution < -0.4 is 10.6 Å². The monoisotopic (exact) mass is 391 g/mol. The lowest BCUT2D eigenvalue weighted by Gasteiger charge is -2.32. The zero-order valence-corrected chi connectivity index (χ0v) is 16.5. The van der Waals surface area contributed by atoms with E-state index in [0.29, 0.717) is 26.2 Å². The average molecular weight is 391 g/mol. The zero-order chi connectivity index (χ0) is 20.4. The van der Waals surface area contributed by atoms with E-state index in [-0.39, 0.29) is 17.8 Å². The van der Waals surface area contributed by atoms with E-state index in [1.807, 2.05) is 0 Å². The van der Waals surface area contributed by atoms with Gasteiger partial charge < -0.3 is 20.3 Å². The summed E-state index contributed by atoms with van der Waals surface area (Å²) < 4.78 is 5.05. The van der Waals surface area contributed by atoms with Crippen LogP contribution in [0.3, 0.4) is 0 Å². The first-order valence-corrected chi connectivity index (χ1v) is 9.73. The summed E-state index contributed by atoms with van der Waals surface area (Å²) in [7, 11) is 0. The maximum atomic E-state index is 11.8. The summed E-state index contributed by atoms with van der Waals surface area (Å²) in [5.74, 6) is 0.717. The van der Waals surface area contributed by atoms with Gasteiger partial charge in [0.2, 0.25) is 0 Å². The highest BCUT2D eigenvalue weighted by atomic mass is 16.6. The number of nitro groups is 1. The molecule has 2 rings (SSSR count). The number of non-ortho nitro benzene ring substituents is 1. The predicted molar refractivity (Wildman–Crippen MR) is 107 cm³/mol. The second-order valence-corrected chi connectivity index (χ2v) is 6.62. The van der Waals surface area contributed by atoms with Crippen LogP contribution in [0, 0.1) is 10.1 Å². The quantitative estimate of drug-likeness (QED) is 0.320. The number of likely N-dealkylation sites (tertiary alicyclic amines) is 1. The fourth-order valence-corrected chi connectivity index (χ4v) is 2.90. The van der Waals surface area contributed by atoms with Gasteiger partial charge in [0.15, 0.2) is 5.96 Å². The number of aliphatic imine (C=N–C) groups is 1. The van der Waals surface area contributed by atoms with Gasteiger partial charge in [-0.25, -0.2) is 9.79 Å². The van der Waals surface area contributed by atoms with Crippen molar-refractivity contribution in [1.82, 2.24) is 15.5 Å². The molecule has 0 radical (unpaired) electrons. The molecule has 0 atom stereocenters. The minimum atomic E-state index is -0.411. The highest BCUT2D eigenvalue weighted by Gasteiger charge is 2.24. The molecular weight excluding hydrogens is 362 g/mol. The summed E-state index contributed by atoms with van der Waals surface area (Å²) >= 11 is 0. The SMILES string of the molecule is CCCNC(=NCc1ccc([N+](=O)[O-])cc1)NC1CCN(C(=O)OCC)CC1. The molecule has 28 heavy (non-hydrogen) atoms. The molecule has 1 aliphatic heterocycles. The number of nitrogens with one attached hydrogen (secondary N) is 2. The maximum absolute atomic E-state index is 11.8. The molecule has 0 unspecified atom stereocenters. The van der Waals surface area contributed by atoms with Crippen LogP contribution in [-0.4, -0.2) is 54.2 Å². The Morgan fingerprint density at radius 3 is 2.54 bits per heavy atom. The summed E-state index contributed by atoms with van der Waals surface area (Å²) in [6.45, 7) is 6.81. The molecule has 0 spiro atoms. The van der Waals surface area contributed by atoms with Gasteiger partial charge in [-0.3, -0.25) is 10.1 Å². The molecule has 1 fully saturated rings. The first-order valence-electron chi connectivity index (χ1n) is 9.73. The van der Waals surface area contributed by atoms with Crippen molar-refractivity contribution in [2.45, 2.75) is 45.7 Å². The summed E-state index contributed by atoms with van der Waals surface area (Å²) in [6, 6.07) is 6.64. The Balaban J connectivity index is 1.91. The minimum Gasteiger partial charge on any atom is -0.450 e. The number of guanidine groups is 1. The minimum absolute atomic E-state index is 0.0727. The number of hydrogen-bond acceptors (Lipinski definition) is 5. The molecule has 0 aliphatic carbocycles. The van der Waals surface area contributed by atoms with Gasteiger partial charge in [-0.15, -0.1) is 0 Å². The predicted octanol–water partition coefficient (Wildman–Crippen LogP) is 2.66. The Morgan fingerprint density at radius 1 is 1.29 bits per heavy atom. The van der Waals surface area contributed by atoms with Gasteiger partial charge in [0, 0.05) is 37.8 Å². The molecule has 1 aromatic carbocycles. The maximum Gasteiger partial charge on any atom is 0.409 e. The van der Waals surface area contributed by atoms with Crippen molar-refractivity contribution >= 4 is 17.7 Å². The molecule has 9 nitrogen and oxygen atoms in total. The highest BCUT2D eigenvalue weighted by Crippen LogP contribution is 2.13. The van der Waals surface area contributed by atoms with Crippen LogP contribution in [0.25, 0.3) is 0 Å². The normalized spacial score (nSPS) is 15.2. The fraction of sp³-hybridized carbons (Fsp3) is 0.579. The molecule has 1 aromatic rings. The number of carbonyl (C=O) groups is 1. The molecule has 0 saturated carbocycles. The Hall–Kier alpha value is -2.84. The van der Waals surface area contributed by atoms with E-state index in [2.05, 4.69) is 22.5 Å². The van der Waals surface area contributed by atoms with Gasteiger partial charge >= 0.3 is 6.09 Å². The van der Waals surface area contributed by atoms with Crippen molar-refractivity contribution in [3.63, 3.8) is 0 Å². The molecule has 2 N–H and O–H groups in total. The van der Waals surface area contributed by atoms with Crippen molar-refractivity contribution in [3.8, 4) is 0 Å². The van der Waals surface area contributed by atoms with Crippen molar-refractivity contribution < 1.29 is 14.5 Å². The summed E-state index contributed by atoms with van der Waals surface area (Å²) in [4.78, 5) is 28.5. The zero-order valence-electron chi connectivity index (χ0n) is 16.5. The Morgan fingerprint density at radius 2 is 1.96 bits per heavy atom. The van der Waals surface area contributed by atoms with Gasteiger partial charge in [-0.2, -0.15) is 0 Å². The molecule has 9 heteroatoms. The van der Waals surface area contributed by atoms with Gasteiger partial charge in [0.05, 0.1) is 18.1 Å². The molecule has 1 heterocycles. The number of rotatable bonds is 7. The lowest BCUT2D eigenvalue weighted by atomic mass is 10.1. The first-order chi connectivity index (χ1) is 13.5. The molecular formula is C19H29N5O4. The van der Waals surface area contributed by atoms with Crippen molar-refractivity contribution in [2.75, 3.05) is 26.2 Å². The molecule has 0 aromatic heterocycles. The lowest BCUT2D eigenvalue weighted by molar-refractivity contribution is -0.384. The smallest absolute Gasteiger partial charge is 0.409 e. The highest BCUT2D eigenvalue weighted by molar-refractivity contribution is 5.80. The molecule has 1 saturated heterocycles. The average Bonchev–Trinajstić information content (AvgIpc) is 2.71. The van der Waals surface area contributed by atoms with Crippen molar-refractivity contribution in [3.05, 3.63) is 39.9 Å². The van der Waals surface area contributed by atoms with Crippen LogP contribution in [0.15, 0.2) is 29.3 Å². The lowest BCUT2D eigenvalue weighted by Crippen LogP contribution is -2.50. The summed E-state index contributed by atoms with van der Waals surface area (Å²) in [6.07, 6.45) is 2.36. The third-order valence-electron chi connectivity index (χ3n) is 4.47. The topological polar surface area (TPSA) is 109 Å². The fourth-order valence-electron chi connectivity index (χ4n) is 2.90. The first kappa shape index (κ1) is 21.5. The molecule has 0 bridgehead atoms. The molecule has 154 valence electrons. The van der Waals surface area contributed by atoms with Crippen LogP contribution in [0.2, 0.25) is 0 Å². The second kappa shape index (κ2) is 11.1. The number of nitrogens with zero attached hydrogens (tertiary/aromatic N) is 3. The summed E-state index contributed by atoms with van der Waals surface area (Å²) in [5.41, 5.74) is 0.976. The van der Waals surface area contributed by atoms with Crippen LogP contribution in [0.5, 0.6) is 0 Å². The standard InChI is InChI=1S/C19H29N5O4/c1-3-11-20-18(21-14-15-5-7-17(8-6-15)24(26)27)22-16-9-12-23(13-10-16)19(25)28-4-2/h5-8,16H,3-4,9-14H2,1-2H3,(H2,20,21,22). The number of piperidine rings is 1. The third kappa shape index (κ3) is 6.71. The van der Waals surface area contributed by atoms with E-state index in [0.717, 1.165) is 37.3 Å². The van der Waals surface area contributed by atoms with E-state index >= 15 is 0 Å². The van der Waals surface area contributed by atoms with E-state index in [4.69, 9.17) is 4.74 Å². The Bertz CT molecular complexity index is 669. The van der Waals surface area contributed by atoms with Gasteiger partial charge in [-0.1, -0.05) is 19.1 Å². The van der Waals surface area contributed by atoms with Crippen molar-refractivity contribution in [1.29, 1.82) is 0 Å². The number of benzene rings is 1. The van der Waals surface area contributed by atoms with Gasteiger partial charge in [-0.05, 0) is 31.7 Å². The molecule has 1 amide bonds. The number of nitro benzene ring substituents is 1. The Kier molecular flexibility index (Phi) is 8.51. The van der Waals surface area contributed by atoms with Crippen LogP contribution in [-0.2, 0) is 11.3 Å². The molecule has 1 aliphatic rings. The third-order valence-corrected chi connectivity index (χ3v) is 4.47. The van der Waals surface area contributed by atoms with Gasteiger partial charge in [0.25, 0.3) is 5.69 Å². The van der Waals surface area contributed by atoms with E-state index in [9.17, 15) is 14.9 Å². The van der Waals surface area contributed by atoms with Gasteiger partial charge in [0.1, 0.15) is 0 Å². The number of ether oxygens (including phenoxy) is 1. The Labute approximate surface area is 165 Å². The largest absolute Gasteiger partial charge is 0.450 e. The van der Waals surface area contributed by atoms with Crippen molar-refractivity contribution in [2.24, 2.45) is 4.99 Å². The van der Waals surface area contributed by atoms with E-state index in [1.165, 1.54) is 12.1 Å².